The highest BCUT2D eigenvalue weighted by molar-refractivity contribution is 6.48. The molecule has 0 saturated carbocycles. The lowest BCUT2D eigenvalue weighted by molar-refractivity contribution is 0.0360. The quantitative estimate of drug-likeness (QED) is 0.606. The summed E-state index contributed by atoms with van der Waals surface area (Å²) in [5, 5.41) is 0. The van der Waals surface area contributed by atoms with Gasteiger partial charge in [-0.3, -0.25) is 0 Å². The average molecular weight is 261 g/mol. The summed E-state index contributed by atoms with van der Waals surface area (Å²) in [6.45, 7) is 1.59. The number of fused-ring (bicyclic) bond motifs is 1. The van der Waals surface area contributed by atoms with Gasteiger partial charge >= 0.3 is 5.97 Å². The highest BCUT2D eigenvalue weighted by Crippen LogP contribution is 2.44. The molecule has 0 bridgehead atoms. The Bertz CT molecular complexity index is 437. The predicted molar refractivity (Wildman–Crippen MR) is 61.3 cm³/mol. The Labute approximate surface area is 103 Å². The predicted octanol–water partition coefficient (Wildman–Crippen LogP) is 3.10. The molecule has 0 radical (unpaired) electrons. The molecule has 1 aliphatic rings. The van der Waals surface area contributed by atoms with Crippen LogP contribution >= 0.6 is 23.2 Å². The smallest absolute Gasteiger partial charge is 0.339 e. The summed E-state index contributed by atoms with van der Waals surface area (Å²) in [6, 6.07) is 5.11. The van der Waals surface area contributed by atoms with Gasteiger partial charge in [-0.05, 0) is 19.1 Å². The van der Waals surface area contributed by atoms with Gasteiger partial charge in [0.2, 0.25) is 0 Å². The van der Waals surface area contributed by atoms with Gasteiger partial charge in [-0.25, -0.2) is 4.79 Å². The van der Waals surface area contributed by atoms with E-state index in [1.54, 1.807) is 25.1 Å². The van der Waals surface area contributed by atoms with E-state index in [1.165, 1.54) is 7.11 Å². The highest BCUT2D eigenvalue weighted by Gasteiger charge is 2.42. The number of cyclic esters (lactones) is 1. The Morgan fingerprint density at radius 1 is 1.44 bits per heavy atom. The molecule has 0 saturated heterocycles. The largest absolute Gasteiger partial charge is 0.497 e. The standard InChI is InChI=1S/C11H10Cl2O3/c1-11(12,13)9-7-4-3-6(15-2)5-8(7)10(14)16-9/h3-5,9H,1-2H3. The maximum absolute atomic E-state index is 11.6. The lowest BCUT2D eigenvalue weighted by Crippen LogP contribution is -2.19. The second kappa shape index (κ2) is 3.82. The number of methoxy groups -OCH3 is 1. The fourth-order valence-electron chi connectivity index (χ4n) is 1.68. The molecule has 86 valence electrons. The third kappa shape index (κ3) is 1.85. The minimum Gasteiger partial charge on any atom is -0.497 e. The average Bonchev–Trinajstić information content (AvgIpc) is 2.55. The Morgan fingerprint density at radius 2 is 2.12 bits per heavy atom. The highest BCUT2D eigenvalue weighted by atomic mass is 35.5. The molecule has 16 heavy (non-hydrogen) atoms. The first-order chi connectivity index (χ1) is 7.43. The van der Waals surface area contributed by atoms with E-state index in [9.17, 15) is 4.79 Å². The molecule has 5 heteroatoms. The fraction of sp³-hybridized carbons (Fsp3) is 0.364. The van der Waals surface area contributed by atoms with Crippen LogP contribution < -0.4 is 4.74 Å². The fourth-order valence-corrected chi connectivity index (χ4v) is 2.00. The van der Waals surface area contributed by atoms with Gasteiger partial charge in [0.25, 0.3) is 0 Å². The van der Waals surface area contributed by atoms with E-state index in [1.807, 2.05) is 0 Å². The lowest BCUT2D eigenvalue weighted by Gasteiger charge is -2.21. The molecule has 0 aromatic heterocycles. The summed E-state index contributed by atoms with van der Waals surface area (Å²) in [6.07, 6.45) is -0.635. The minimum atomic E-state index is -1.14. The maximum Gasteiger partial charge on any atom is 0.339 e. The molecular weight excluding hydrogens is 251 g/mol. The summed E-state index contributed by atoms with van der Waals surface area (Å²) in [5.74, 6) is 0.175. The van der Waals surface area contributed by atoms with Crippen LogP contribution in [0.3, 0.4) is 0 Å². The van der Waals surface area contributed by atoms with Crippen molar-refractivity contribution in [3.63, 3.8) is 0 Å². The third-order valence-electron chi connectivity index (χ3n) is 2.45. The zero-order valence-electron chi connectivity index (χ0n) is 8.79. The van der Waals surface area contributed by atoms with Crippen molar-refractivity contribution in [3.05, 3.63) is 29.3 Å². The number of alkyl halides is 2. The van der Waals surface area contributed by atoms with Gasteiger partial charge in [0.1, 0.15) is 5.75 Å². The number of benzene rings is 1. The topological polar surface area (TPSA) is 35.5 Å². The molecule has 0 aliphatic carbocycles. The SMILES string of the molecule is COc1ccc2c(c1)C(=O)OC2C(C)(Cl)Cl. The van der Waals surface area contributed by atoms with Crippen molar-refractivity contribution >= 4 is 29.2 Å². The zero-order valence-corrected chi connectivity index (χ0v) is 10.3. The van der Waals surface area contributed by atoms with Crippen LogP contribution in [0.1, 0.15) is 28.9 Å². The Hall–Kier alpha value is -0.930. The number of esters is 1. The molecule has 1 unspecified atom stereocenters. The monoisotopic (exact) mass is 260 g/mol. The van der Waals surface area contributed by atoms with Crippen molar-refractivity contribution in [1.82, 2.24) is 0 Å². The molecular formula is C11H10Cl2O3. The summed E-state index contributed by atoms with van der Waals surface area (Å²) in [5.41, 5.74) is 1.15. The Morgan fingerprint density at radius 3 is 2.69 bits per heavy atom. The van der Waals surface area contributed by atoms with Crippen LogP contribution in [0.4, 0.5) is 0 Å². The normalized spacial score (nSPS) is 19.2. The van der Waals surface area contributed by atoms with Gasteiger partial charge in [0.15, 0.2) is 10.4 Å². The molecule has 1 atom stereocenters. The van der Waals surface area contributed by atoms with Crippen LogP contribution in [0.15, 0.2) is 18.2 Å². The van der Waals surface area contributed by atoms with E-state index in [2.05, 4.69) is 0 Å². The Kier molecular flexibility index (Phi) is 2.76. The molecule has 0 spiro atoms. The lowest BCUT2D eigenvalue weighted by atomic mass is 10.0. The van der Waals surface area contributed by atoms with E-state index in [4.69, 9.17) is 32.7 Å². The van der Waals surface area contributed by atoms with E-state index >= 15 is 0 Å². The van der Waals surface area contributed by atoms with Gasteiger partial charge in [-0.1, -0.05) is 29.3 Å². The number of halogens is 2. The molecule has 3 nitrogen and oxygen atoms in total. The van der Waals surface area contributed by atoms with Crippen LogP contribution in [0, 0.1) is 0 Å². The van der Waals surface area contributed by atoms with Gasteiger partial charge in [0.05, 0.1) is 12.7 Å². The van der Waals surface area contributed by atoms with Crippen molar-refractivity contribution in [2.45, 2.75) is 17.4 Å². The van der Waals surface area contributed by atoms with Crippen molar-refractivity contribution in [2.75, 3.05) is 7.11 Å². The van der Waals surface area contributed by atoms with Crippen molar-refractivity contribution in [3.8, 4) is 5.75 Å². The first-order valence-corrected chi connectivity index (χ1v) is 5.46. The third-order valence-corrected chi connectivity index (χ3v) is 2.84. The summed E-state index contributed by atoms with van der Waals surface area (Å²) >= 11 is 11.9. The van der Waals surface area contributed by atoms with Crippen LogP contribution in [0.25, 0.3) is 0 Å². The molecule has 0 amide bonds. The molecule has 0 fully saturated rings. The number of hydrogen-bond donors (Lipinski definition) is 0. The second-order valence-electron chi connectivity index (χ2n) is 3.69. The summed E-state index contributed by atoms with van der Waals surface area (Å²) in [4.78, 5) is 11.6. The van der Waals surface area contributed by atoms with Crippen LogP contribution in [0.5, 0.6) is 5.75 Å². The van der Waals surface area contributed by atoms with E-state index < -0.39 is 16.4 Å². The molecule has 1 aliphatic heterocycles. The molecule has 0 N–H and O–H groups in total. The van der Waals surface area contributed by atoms with Gasteiger partial charge in [-0.2, -0.15) is 0 Å². The molecule has 2 rings (SSSR count). The number of carbonyl (C=O) groups is 1. The number of ether oxygens (including phenoxy) is 2. The minimum absolute atomic E-state index is 0.425. The van der Waals surface area contributed by atoms with Crippen LogP contribution in [-0.4, -0.2) is 17.4 Å². The van der Waals surface area contributed by atoms with Crippen LogP contribution in [0.2, 0.25) is 0 Å². The van der Waals surface area contributed by atoms with Gasteiger partial charge in [0, 0.05) is 5.56 Å². The van der Waals surface area contributed by atoms with Gasteiger partial charge < -0.3 is 9.47 Å². The van der Waals surface area contributed by atoms with E-state index in [0.29, 0.717) is 16.9 Å². The van der Waals surface area contributed by atoms with Gasteiger partial charge in [-0.15, -0.1) is 0 Å². The maximum atomic E-state index is 11.6. The number of rotatable bonds is 2. The zero-order chi connectivity index (χ0) is 11.9. The van der Waals surface area contributed by atoms with Crippen molar-refractivity contribution in [2.24, 2.45) is 0 Å². The van der Waals surface area contributed by atoms with E-state index in [-0.39, 0.29) is 0 Å². The molecule has 1 aromatic carbocycles. The molecule has 1 heterocycles. The number of carbonyl (C=O) groups excluding carboxylic acids is 1. The molecule has 1 aromatic rings. The number of hydrogen-bond acceptors (Lipinski definition) is 3. The van der Waals surface area contributed by atoms with Crippen molar-refractivity contribution < 1.29 is 14.3 Å². The summed E-state index contributed by atoms with van der Waals surface area (Å²) < 4.78 is 9.03. The Balaban J connectivity index is 2.48. The summed E-state index contributed by atoms with van der Waals surface area (Å²) in [7, 11) is 1.53. The first kappa shape index (κ1) is 11.6. The second-order valence-corrected chi connectivity index (χ2v) is 5.46. The van der Waals surface area contributed by atoms with E-state index in [0.717, 1.165) is 0 Å². The van der Waals surface area contributed by atoms with Crippen molar-refractivity contribution in [1.29, 1.82) is 0 Å². The van der Waals surface area contributed by atoms with Crippen LogP contribution in [-0.2, 0) is 4.74 Å². The first-order valence-electron chi connectivity index (χ1n) is 4.70.